The maximum absolute atomic E-state index is 15.0. The van der Waals surface area contributed by atoms with E-state index in [9.17, 15) is 0 Å². The first-order valence-corrected chi connectivity index (χ1v) is 13.3. The quantitative estimate of drug-likeness (QED) is 0.214. The summed E-state index contributed by atoms with van der Waals surface area (Å²) in [5, 5.41) is 0. The average Bonchev–Trinajstić information content (AvgIpc) is 2.87. The van der Waals surface area contributed by atoms with E-state index in [1.54, 1.807) is 0 Å². The Hall–Kier alpha value is -2.19. The first-order chi connectivity index (χ1) is 16.7. The van der Waals surface area contributed by atoms with Crippen LogP contribution in [0.3, 0.4) is 0 Å². The zero-order valence-electron chi connectivity index (χ0n) is 21.2. The van der Waals surface area contributed by atoms with Crippen molar-refractivity contribution in [3.8, 4) is 0 Å². The van der Waals surface area contributed by atoms with E-state index in [0.29, 0.717) is 19.6 Å². The van der Waals surface area contributed by atoms with Crippen LogP contribution in [-0.2, 0) is 30.6 Å². The molecule has 0 spiro atoms. The first-order valence-electron chi connectivity index (χ1n) is 13.3. The minimum atomic E-state index is -0.710. The number of benzene rings is 2. The van der Waals surface area contributed by atoms with Crippen LogP contribution < -0.4 is 0 Å². The van der Waals surface area contributed by atoms with E-state index >= 15 is 4.39 Å². The molecule has 1 unspecified atom stereocenters. The van der Waals surface area contributed by atoms with Gasteiger partial charge < -0.3 is 4.74 Å². The van der Waals surface area contributed by atoms with Gasteiger partial charge in [0.25, 0.3) is 0 Å². The van der Waals surface area contributed by atoms with Gasteiger partial charge in [0.2, 0.25) is 0 Å². The smallest absolute Gasteiger partial charge is 0.107 e. The van der Waals surface area contributed by atoms with Crippen LogP contribution in [0.1, 0.15) is 74.6 Å². The number of halogens is 1. The molecule has 0 saturated heterocycles. The molecule has 2 heteroatoms. The Morgan fingerprint density at radius 1 is 0.824 bits per heavy atom. The van der Waals surface area contributed by atoms with Crippen LogP contribution in [-0.4, -0.2) is 12.8 Å². The molecule has 0 aliphatic heterocycles. The van der Waals surface area contributed by atoms with Gasteiger partial charge >= 0.3 is 0 Å². The van der Waals surface area contributed by atoms with Gasteiger partial charge in [-0.15, -0.1) is 0 Å². The van der Waals surface area contributed by atoms with Gasteiger partial charge in [-0.3, -0.25) is 0 Å². The molecular formula is C32H43FO. The SMILES string of the molecule is CC=CCOCc1ccc(CCc2ccc(CC(F)C3CCC(C/C=C/CC)CC3)cc2)cc1. The molecule has 3 rings (SSSR count). The van der Waals surface area contributed by atoms with Gasteiger partial charge in [-0.25, -0.2) is 4.39 Å². The minimum Gasteiger partial charge on any atom is -0.373 e. The predicted molar refractivity (Wildman–Crippen MR) is 143 cm³/mol. The van der Waals surface area contributed by atoms with Crippen LogP contribution >= 0.6 is 0 Å². The summed E-state index contributed by atoms with van der Waals surface area (Å²) in [6, 6.07) is 17.3. The molecule has 0 aromatic heterocycles. The molecule has 1 saturated carbocycles. The molecule has 0 bridgehead atoms. The molecule has 184 valence electrons. The zero-order chi connectivity index (χ0) is 24.0. The Bertz CT molecular complexity index is 857. The monoisotopic (exact) mass is 462 g/mol. The number of ether oxygens (including phenoxy) is 1. The minimum absolute atomic E-state index is 0.238. The van der Waals surface area contributed by atoms with Gasteiger partial charge in [0, 0.05) is 6.42 Å². The van der Waals surface area contributed by atoms with Gasteiger partial charge in [-0.05, 0) is 92.4 Å². The third-order valence-corrected chi connectivity index (χ3v) is 7.17. The fraction of sp³-hybridized carbons (Fsp3) is 0.500. The van der Waals surface area contributed by atoms with E-state index in [2.05, 4.69) is 67.6 Å². The lowest BCUT2D eigenvalue weighted by molar-refractivity contribution is 0.148. The van der Waals surface area contributed by atoms with Crippen molar-refractivity contribution in [1.29, 1.82) is 0 Å². The molecule has 0 radical (unpaired) electrons. The van der Waals surface area contributed by atoms with E-state index in [4.69, 9.17) is 4.74 Å². The van der Waals surface area contributed by atoms with E-state index < -0.39 is 6.17 Å². The van der Waals surface area contributed by atoms with Gasteiger partial charge in [0.15, 0.2) is 0 Å². The lowest BCUT2D eigenvalue weighted by atomic mass is 9.77. The zero-order valence-corrected chi connectivity index (χ0v) is 21.2. The topological polar surface area (TPSA) is 9.23 Å². The third-order valence-electron chi connectivity index (χ3n) is 7.17. The molecule has 1 aliphatic carbocycles. The molecule has 2 aromatic carbocycles. The maximum atomic E-state index is 15.0. The van der Waals surface area contributed by atoms with Crippen molar-refractivity contribution in [3.63, 3.8) is 0 Å². The van der Waals surface area contributed by atoms with Crippen molar-refractivity contribution in [3.05, 3.63) is 95.1 Å². The summed E-state index contributed by atoms with van der Waals surface area (Å²) in [4.78, 5) is 0. The second kappa shape index (κ2) is 14.9. The second-order valence-corrected chi connectivity index (χ2v) is 9.83. The average molecular weight is 463 g/mol. The number of allylic oxidation sites excluding steroid dienone is 3. The summed E-state index contributed by atoms with van der Waals surface area (Å²) in [7, 11) is 0. The van der Waals surface area contributed by atoms with Crippen molar-refractivity contribution in [2.45, 2.75) is 84.4 Å². The molecule has 0 N–H and O–H groups in total. The van der Waals surface area contributed by atoms with Gasteiger partial charge in [0.1, 0.15) is 6.17 Å². The third kappa shape index (κ3) is 9.22. The molecular weight excluding hydrogens is 419 g/mol. The highest BCUT2D eigenvalue weighted by Gasteiger charge is 2.27. The largest absolute Gasteiger partial charge is 0.373 e. The summed E-state index contributed by atoms with van der Waals surface area (Å²) in [5.74, 6) is 1.00. The van der Waals surface area contributed by atoms with Gasteiger partial charge in [-0.1, -0.05) is 79.8 Å². The lowest BCUT2D eigenvalue weighted by Gasteiger charge is -2.30. The van der Waals surface area contributed by atoms with Crippen LogP contribution in [0.5, 0.6) is 0 Å². The highest BCUT2D eigenvalue weighted by molar-refractivity contribution is 5.26. The highest BCUT2D eigenvalue weighted by atomic mass is 19.1. The normalized spacial score (nSPS) is 19.7. The summed E-state index contributed by atoms with van der Waals surface area (Å²) in [6.45, 7) is 5.49. The van der Waals surface area contributed by atoms with Crippen LogP contribution in [0.15, 0.2) is 72.8 Å². The fourth-order valence-corrected chi connectivity index (χ4v) is 4.91. The van der Waals surface area contributed by atoms with E-state index in [0.717, 1.165) is 43.6 Å². The van der Waals surface area contributed by atoms with Crippen molar-refractivity contribution in [1.82, 2.24) is 0 Å². The van der Waals surface area contributed by atoms with Crippen molar-refractivity contribution < 1.29 is 9.13 Å². The number of hydrogen-bond donors (Lipinski definition) is 0. The standard InChI is InChI=1S/C32H43FO/c1-3-5-7-8-26-19-21-31(22-20-26)32(33)24-29-15-11-27(12-16-29)9-10-28-13-17-30(18-14-28)25-34-23-6-4-2/h4-7,11-18,26,31-32H,3,8-10,19-25H2,1-2H3/b6-4?,7-5+. The number of hydrogen-bond acceptors (Lipinski definition) is 1. The molecule has 0 amide bonds. The first kappa shape index (κ1) is 26.4. The number of aryl methyl sites for hydroxylation is 2. The fourth-order valence-electron chi connectivity index (χ4n) is 4.91. The van der Waals surface area contributed by atoms with Crippen LogP contribution in [0.25, 0.3) is 0 Å². The Balaban J connectivity index is 1.38. The Morgan fingerprint density at radius 3 is 2.00 bits per heavy atom. The lowest BCUT2D eigenvalue weighted by Crippen LogP contribution is -2.24. The molecule has 2 aromatic rings. The predicted octanol–water partition coefficient (Wildman–Crippen LogP) is 8.61. The summed E-state index contributed by atoms with van der Waals surface area (Å²) >= 11 is 0. The van der Waals surface area contributed by atoms with Crippen molar-refractivity contribution in [2.24, 2.45) is 11.8 Å². The van der Waals surface area contributed by atoms with E-state index in [1.165, 1.54) is 36.0 Å². The maximum Gasteiger partial charge on any atom is 0.107 e. The second-order valence-electron chi connectivity index (χ2n) is 9.83. The van der Waals surface area contributed by atoms with Crippen LogP contribution in [0, 0.1) is 11.8 Å². The molecule has 0 heterocycles. The molecule has 1 fully saturated rings. The van der Waals surface area contributed by atoms with E-state index in [1.807, 2.05) is 19.1 Å². The number of alkyl halides is 1. The van der Waals surface area contributed by atoms with Crippen molar-refractivity contribution in [2.75, 3.05) is 6.61 Å². The Labute approximate surface area is 207 Å². The Kier molecular flexibility index (Phi) is 11.6. The number of rotatable bonds is 13. The van der Waals surface area contributed by atoms with E-state index in [-0.39, 0.29) is 5.92 Å². The van der Waals surface area contributed by atoms with Crippen LogP contribution in [0.4, 0.5) is 4.39 Å². The highest BCUT2D eigenvalue weighted by Crippen LogP contribution is 2.35. The summed E-state index contributed by atoms with van der Waals surface area (Å²) in [5.41, 5.74) is 5.00. The molecule has 1 atom stereocenters. The molecule has 34 heavy (non-hydrogen) atoms. The van der Waals surface area contributed by atoms with Crippen LogP contribution in [0.2, 0.25) is 0 Å². The Morgan fingerprint density at radius 2 is 1.41 bits per heavy atom. The van der Waals surface area contributed by atoms with Gasteiger partial charge in [0.05, 0.1) is 13.2 Å². The molecule has 1 nitrogen and oxygen atoms in total. The summed E-state index contributed by atoms with van der Waals surface area (Å²) in [6.07, 6.45) is 17.2. The molecule has 1 aliphatic rings. The van der Waals surface area contributed by atoms with Crippen molar-refractivity contribution >= 4 is 0 Å². The summed E-state index contributed by atoms with van der Waals surface area (Å²) < 4.78 is 20.6. The van der Waals surface area contributed by atoms with Gasteiger partial charge in [-0.2, -0.15) is 0 Å².